The molecule has 0 heterocycles. The molecule has 0 spiro atoms. The number of hydrazone groups is 1. The molecular weight excluding hydrogens is 182 g/mol. The van der Waals surface area contributed by atoms with Gasteiger partial charge in [-0.15, -0.1) is 0 Å². The molecule has 2 aliphatic carbocycles. The van der Waals surface area contributed by atoms with Crippen molar-refractivity contribution in [2.75, 3.05) is 0 Å². The van der Waals surface area contributed by atoms with Crippen LogP contribution in [0.3, 0.4) is 0 Å². The number of urea groups is 1. The number of hydroxylamine groups is 1. The van der Waals surface area contributed by atoms with Crippen molar-refractivity contribution in [3.8, 4) is 0 Å². The van der Waals surface area contributed by atoms with Crippen LogP contribution < -0.4 is 10.9 Å². The Kier molecular flexibility index (Phi) is 2.49. The van der Waals surface area contributed by atoms with E-state index < -0.39 is 6.03 Å². The van der Waals surface area contributed by atoms with Crippen molar-refractivity contribution in [3.63, 3.8) is 0 Å². The Labute approximate surface area is 81.8 Å². The van der Waals surface area contributed by atoms with Gasteiger partial charge in [0.2, 0.25) is 0 Å². The van der Waals surface area contributed by atoms with Crippen molar-refractivity contribution in [2.24, 2.45) is 22.9 Å². The molecule has 2 amide bonds. The van der Waals surface area contributed by atoms with Gasteiger partial charge in [0.1, 0.15) is 0 Å². The molecule has 1 fully saturated rings. The normalized spacial score (nSPS) is 33.9. The van der Waals surface area contributed by atoms with E-state index in [1.54, 1.807) is 6.21 Å². The summed E-state index contributed by atoms with van der Waals surface area (Å²) in [6, 6.07) is -0.708. The minimum absolute atomic E-state index is 0.434. The molecule has 76 valence electrons. The van der Waals surface area contributed by atoms with Crippen LogP contribution in [0.4, 0.5) is 4.79 Å². The Morgan fingerprint density at radius 1 is 1.50 bits per heavy atom. The summed E-state index contributed by atoms with van der Waals surface area (Å²) in [6.07, 6.45) is 8.55. The number of hydrogen-bond donors (Lipinski definition) is 3. The largest absolute Gasteiger partial charge is 0.358 e. The van der Waals surface area contributed by atoms with E-state index in [-0.39, 0.29) is 0 Å². The molecule has 0 radical (unpaired) electrons. The number of nitrogens with zero attached hydrogens (tertiary/aromatic N) is 1. The van der Waals surface area contributed by atoms with Crippen molar-refractivity contribution in [2.45, 2.75) is 12.8 Å². The van der Waals surface area contributed by atoms with Crippen LogP contribution in [0.15, 0.2) is 17.3 Å². The summed E-state index contributed by atoms with van der Waals surface area (Å²) in [5.41, 5.74) is 3.61. The molecule has 3 atom stereocenters. The van der Waals surface area contributed by atoms with Gasteiger partial charge in [-0.1, -0.05) is 12.2 Å². The third kappa shape index (κ3) is 1.77. The van der Waals surface area contributed by atoms with Gasteiger partial charge in [-0.2, -0.15) is 5.10 Å². The third-order valence-electron chi connectivity index (χ3n) is 2.86. The molecule has 3 N–H and O–H groups in total. The summed E-state index contributed by atoms with van der Waals surface area (Å²) in [5, 5.41) is 11.9. The summed E-state index contributed by atoms with van der Waals surface area (Å²) in [4.78, 5) is 10.5. The second-order valence-electron chi connectivity index (χ2n) is 3.77. The van der Waals surface area contributed by atoms with Gasteiger partial charge in [0, 0.05) is 12.1 Å². The first-order valence-corrected chi connectivity index (χ1v) is 4.71. The fraction of sp³-hybridized carbons (Fsp3) is 0.556. The predicted molar refractivity (Wildman–Crippen MR) is 50.8 cm³/mol. The Bertz CT molecular complexity index is 288. The topological polar surface area (TPSA) is 73.7 Å². The predicted octanol–water partition coefficient (Wildman–Crippen LogP) is 0.873. The maximum atomic E-state index is 10.5. The third-order valence-corrected chi connectivity index (χ3v) is 2.86. The molecule has 0 aliphatic heterocycles. The number of hydrogen-bond acceptors (Lipinski definition) is 3. The highest BCUT2D eigenvalue weighted by atomic mass is 16.5. The molecule has 14 heavy (non-hydrogen) atoms. The first kappa shape index (κ1) is 9.21. The van der Waals surface area contributed by atoms with Crippen LogP contribution in [0, 0.1) is 17.8 Å². The van der Waals surface area contributed by atoms with Crippen LogP contribution in [0.25, 0.3) is 0 Å². The standard InChI is InChI=1S/C9H13N3O2/c13-9(12-14)11-10-5-8-4-6-1-2-7(8)3-6/h1-2,5-8,14H,3-4H2,(H2,11,12,13)/b10-5+. The van der Waals surface area contributed by atoms with Gasteiger partial charge in [0.05, 0.1) is 0 Å². The zero-order valence-corrected chi connectivity index (χ0v) is 7.68. The van der Waals surface area contributed by atoms with E-state index in [0.717, 1.165) is 6.42 Å². The van der Waals surface area contributed by atoms with Gasteiger partial charge >= 0.3 is 6.03 Å². The van der Waals surface area contributed by atoms with Crippen molar-refractivity contribution >= 4 is 12.2 Å². The lowest BCUT2D eigenvalue weighted by Crippen LogP contribution is -2.29. The highest BCUT2D eigenvalue weighted by Gasteiger charge is 2.34. The Hall–Kier alpha value is -1.36. The fourth-order valence-corrected chi connectivity index (χ4v) is 2.21. The highest BCUT2D eigenvalue weighted by molar-refractivity contribution is 5.74. The van der Waals surface area contributed by atoms with E-state index in [1.165, 1.54) is 11.9 Å². The van der Waals surface area contributed by atoms with Crippen molar-refractivity contribution in [1.29, 1.82) is 0 Å². The second-order valence-corrected chi connectivity index (χ2v) is 3.77. The van der Waals surface area contributed by atoms with Gasteiger partial charge in [0.25, 0.3) is 0 Å². The maximum Gasteiger partial charge on any atom is 0.358 e. The van der Waals surface area contributed by atoms with Crippen molar-refractivity contribution in [3.05, 3.63) is 12.2 Å². The number of carbonyl (C=O) groups is 1. The number of carbonyl (C=O) groups excluding carboxylic acids is 1. The summed E-state index contributed by atoms with van der Waals surface area (Å²) >= 11 is 0. The van der Waals surface area contributed by atoms with E-state index in [9.17, 15) is 4.79 Å². The second kappa shape index (κ2) is 3.79. The molecule has 0 aromatic carbocycles. The van der Waals surface area contributed by atoms with Crippen LogP contribution >= 0.6 is 0 Å². The fourth-order valence-electron chi connectivity index (χ4n) is 2.21. The molecule has 5 nitrogen and oxygen atoms in total. The molecule has 2 rings (SSSR count). The zero-order chi connectivity index (χ0) is 9.97. The molecule has 3 unspecified atom stereocenters. The number of amides is 2. The monoisotopic (exact) mass is 195 g/mol. The van der Waals surface area contributed by atoms with Crippen LogP contribution in [0.2, 0.25) is 0 Å². The number of nitrogens with one attached hydrogen (secondary N) is 2. The Morgan fingerprint density at radius 3 is 2.93 bits per heavy atom. The SMILES string of the molecule is O=C(NO)N/N=C/C1CC2C=CC1C2. The smallest absolute Gasteiger partial charge is 0.287 e. The number of rotatable bonds is 2. The molecule has 2 aliphatic rings. The minimum Gasteiger partial charge on any atom is -0.287 e. The maximum absolute atomic E-state index is 10.5. The zero-order valence-electron chi connectivity index (χ0n) is 7.68. The molecular formula is C9H13N3O2. The molecule has 0 saturated heterocycles. The molecule has 0 aromatic rings. The molecule has 5 heteroatoms. The first-order chi connectivity index (χ1) is 6.79. The summed E-state index contributed by atoms with van der Waals surface area (Å²) in [5.74, 6) is 1.72. The van der Waals surface area contributed by atoms with Crippen LogP contribution in [-0.4, -0.2) is 17.5 Å². The van der Waals surface area contributed by atoms with E-state index in [4.69, 9.17) is 5.21 Å². The number of fused-ring (bicyclic) bond motifs is 2. The van der Waals surface area contributed by atoms with Crippen LogP contribution in [-0.2, 0) is 0 Å². The first-order valence-electron chi connectivity index (χ1n) is 4.71. The van der Waals surface area contributed by atoms with Crippen LogP contribution in [0.1, 0.15) is 12.8 Å². The average Bonchev–Trinajstić information content (AvgIpc) is 2.79. The molecule has 1 saturated carbocycles. The average molecular weight is 195 g/mol. The van der Waals surface area contributed by atoms with Gasteiger partial charge in [-0.25, -0.2) is 15.7 Å². The molecule has 0 aromatic heterocycles. The van der Waals surface area contributed by atoms with Crippen molar-refractivity contribution < 1.29 is 10.0 Å². The van der Waals surface area contributed by atoms with Gasteiger partial charge in [-0.3, -0.25) is 5.21 Å². The number of allylic oxidation sites excluding steroid dienone is 2. The summed E-state index contributed by atoms with van der Waals surface area (Å²) in [6.45, 7) is 0. The minimum atomic E-state index is -0.708. The quantitative estimate of drug-likeness (QED) is 0.265. The van der Waals surface area contributed by atoms with E-state index in [2.05, 4.69) is 22.7 Å². The van der Waals surface area contributed by atoms with Gasteiger partial charge in [-0.05, 0) is 24.7 Å². The van der Waals surface area contributed by atoms with Crippen molar-refractivity contribution in [1.82, 2.24) is 10.9 Å². The highest BCUT2D eigenvalue weighted by Crippen LogP contribution is 2.42. The van der Waals surface area contributed by atoms with E-state index in [1.807, 2.05) is 0 Å². The van der Waals surface area contributed by atoms with E-state index >= 15 is 0 Å². The summed E-state index contributed by atoms with van der Waals surface area (Å²) in [7, 11) is 0. The molecule has 2 bridgehead atoms. The lowest BCUT2D eigenvalue weighted by molar-refractivity contribution is 0.162. The van der Waals surface area contributed by atoms with E-state index in [0.29, 0.717) is 17.8 Å². The van der Waals surface area contributed by atoms with Crippen LogP contribution in [0.5, 0.6) is 0 Å². The van der Waals surface area contributed by atoms with Gasteiger partial charge in [0.15, 0.2) is 0 Å². The lowest BCUT2D eigenvalue weighted by Gasteiger charge is -2.11. The summed E-state index contributed by atoms with van der Waals surface area (Å²) < 4.78 is 0. The van der Waals surface area contributed by atoms with Gasteiger partial charge < -0.3 is 0 Å². The Morgan fingerprint density at radius 2 is 2.36 bits per heavy atom. The lowest BCUT2D eigenvalue weighted by atomic mass is 9.95. The Balaban J connectivity index is 1.81.